The Morgan fingerprint density at radius 2 is 1.85 bits per heavy atom. The van der Waals surface area contributed by atoms with Crippen molar-refractivity contribution >= 4 is 35.0 Å². The van der Waals surface area contributed by atoms with Gasteiger partial charge < -0.3 is 9.47 Å². The lowest BCUT2D eigenvalue weighted by atomic mass is 10.2. The van der Waals surface area contributed by atoms with Crippen LogP contribution in [-0.2, 0) is 14.3 Å². The van der Waals surface area contributed by atoms with Crippen molar-refractivity contribution in [1.82, 2.24) is 4.90 Å². The summed E-state index contributed by atoms with van der Waals surface area (Å²) in [6.45, 7) is 7.76. The van der Waals surface area contributed by atoms with Crippen LogP contribution in [0, 0.1) is 5.92 Å². The number of esters is 1. The van der Waals surface area contributed by atoms with Gasteiger partial charge >= 0.3 is 5.97 Å². The van der Waals surface area contributed by atoms with Gasteiger partial charge in [0, 0.05) is 0 Å². The number of hydrogen-bond donors (Lipinski definition) is 0. The van der Waals surface area contributed by atoms with E-state index in [1.54, 1.807) is 6.08 Å². The molecule has 0 bridgehead atoms. The van der Waals surface area contributed by atoms with Crippen molar-refractivity contribution in [2.24, 2.45) is 5.92 Å². The Bertz CT molecular complexity index is 726. The second kappa shape index (κ2) is 9.60. The lowest BCUT2D eigenvalue weighted by Gasteiger charge is -2.13. The van der Waals surface area contributed by atoms with E-state index < -0.39 is 17.1 Å². The van der Waals surface area contributed by atoms with Crippen LogP contribution in [0.3, 0.4) is 0 Å². The van der Waals surface area contributed by atoms with Crippen LogP contribution in [-0.4, -0.2) is 41.3 Å². The highest BCUT2D eigenvalue weighted by Gasteiger charge is 2.36. The second-order valence-electron chi connectivity index (χ2n) is 6.75. The molecule has 0 spiro atoms. The monoisotopic (exact) mass is 391 g/mol. The fraction of sp³-hybridized carbons (Fsp3) is 0.450. The maximum Gasteiger partial charge on any atom is 0.326 e. The molecule has 0 aromatic heterocycles. The van der Waals surface area contributed by atoms with Gasteiger partial charge in [-0.2, -0.15) is 0 Å². The number of imide groups is 1. The van der Waals surface area contributed by atoms with Gasteiger partial charge in [-0.3, -0.25) is 19.3 Å². The van der Waals surface area contributed by atoms with E-state index in [4.69, 9.17) is 9.47 Å². The van der Waals surface area contributed by atoms with E-state index >= 15 is 0 Å². The van der Waals surface area contributed by atoms with Crippen LogP contribution in [0.25, 0.3) is 6.08 Å². The Morgan fingerprint density at radius 3 is 2.44 bits per heavy atom. The third-order valence-electron chi connectivity index (χ3n) is 3.83. The van der Waals surface area contributed by atoms with Crippen molar-refractivity contribution in [3.8, 4) is 5.75 Å². The summed E-state index contributed by atoms with van der Waals surface area (Å²) in [5.74, 6) is -0.122. The first-order chi connectivity index (χ1) is 12.8. The fourth-order valence-corrected chi connectivity index (χ4v) is 3.02. The highest BCUT2D eigenvalue weighted by atomic mass is 32.2. The summed E-state index contributed by atoms with van der Waals surface area (Å²) >= 11 is 0.821. The zero-order chi connectivity index (χ0) is 20.0. The zero-order valence-electron chi connectivity index (χ0n) is 16.1. The maximum atomic E-state index is 12.4. The van der Waals surface area contributed by atoms with Gasteiger partial charge in [-0.05, 0) is 54.8 Å². The smallest absolute Gasteiger partial charge is 0.326 e. The minimum Gasteiger partial charge on any atom is -0.491 e. The molecule has 2 rings (SSSR count). The van der Waals surface area contributed by atoms with Crippen LogP contribution in [0.15, 0.2) is 29.2 Å². The number of rotatable bonds is 8. The van der Waals surface area contributed by atoms with Gasteiger partial charge in [0.25, 0.3) is 11.1 Å². The number of nitrogens with zero attached hydrogens (tertiary/aromatic N) is 1. The van der Waals surface area contributed by atoms with Crippen LogP contribution >= 0.6 is 11.8 Å². The summed E-state index contributed by atoms with van der Waals surface area (Å²) in [6, 6.07) is 7.29. The summed E-state index contributed by atoms with van der Waals surface area (Å²) in [5.41, 5.74) is 0.777. The first-order valence-corrected chi connectivity index (χ1v) is 9.79. The summed E-state index contributed by atoms with van der Waals surface area (Å²) in [4.78, 5) is 37.5. The number of benzene rings is 1. The minimum absolute atomic E-state index is 0.128. The van der Waals surface area contributed by atoms with E-state index in [1.165, 1.54) is 0 Å². The van der Waals surface area contributed by atoms with Crippen LogP contribution in [0.2, 0.25) is 0 Å². The van der Waals surface area contributed by atoms with E-state index in [2.05, 4.69) is 0 Å². The molecule has 0 unspecified atom stereocenters. The molecule has 0 N–H and O–H groups in total. The molecule has 1 heterocycles. The highest BCUT2D eigenvalue weighted by molar-refractivity contribution is 8.18. The molecule has 27 heavy (non-hydrogen) atoms. The molecule has 1 aliphatic rings. The first kappa shape index (κ1) is 21.0. The third kappa shape index (κ3) is 6.13. The predicted molar refractivity (Wildman–Crippen MR) is 105 cm³/mol. The molecular formula is C20H25NO5S. The number of hydrogen-bond acceptors (Lipinski definition) is 6. The summed E-state index contributed by atoms with van der Waals surface area (Å²) < 4.78 is 10.8. The molecule has 146 valence electrons. The lowest BCUT2D eigenvalue weighted by Crippen LogP contribution is -2.34. The molecule has 1 aromatic carbocycles. The van der Waals surface area contributed by atoms with Crippen LogP contribution in [0.4, 0.5) is 4.79 Å². The largest absolute Gasteiger partial charge is 0.491 e. The molecule has 1 atom stereocenters. The van der Waals surface area contributed by atoms with Crippen LogP contribution < -0.4 is 4.74 Å². The molecule has 1 aromatic rings. The standard InChI is InChI=1S/C20H25NO5S/c1-5-14(4)26-16-8-6-15(7-9-16)10-17-19(23)21(20(24)27-17)11-18(22)25-12-13(2)3/h6-10,13-14H,5,11-12H2,1-4H3/b17-10-/t14-/m0/s1. The number of amides is 2. The quantitative estimate of drug-likeness (QED) is 0.491. The van der Waals surface area contributed by atoms with Gasteiger partial charge in [0.2, 0.25) is 0 Å². The van der Waals surface area contributed by atoms with E-state index in [1.807, 2.05) is 52.0 Å². The van der Waals surface area contributed by atoms with Gasteiger partial charge in [0.15, 0.2) is 0 Å². The summed E-state index contributed by atoms with van der Waals surface area (Å²) in [7, 11) is 0. The van der Waals surface area contributed by atoms with Gasteiger partial charge in [-0.15, -0.1) is 0 Å². The average molecular weight is 391 g/mol. The maximum absolute atomic E-state index is 12.4. The van der Waals surface area contributed by atoms with Crippen molar-refractivity contribution in [1.29, 1.82) is 0 Å². The van der Waals surface area contributed by atoms with Crippen molar-refractivity contribution in [2.45, 2.75) is 40.2 Å². The van der Waals surface area contributed by atoms with E-state index in [-0.39, 0.29) is 30.1 Å². The van der Waals surface area contributed by atoms with Gasteiger partial charge in [0.1, 0.15) is 12.3 Å². The van der Waals surface area contributed by atoms with E-state index in [9.17, 15) is 14.4 Å². The Balaban J connectivity index is 2.01. The number of thioether (sulfide) groups is 1. The molecule has 2 amide bonds. The van der Waals surface area contributed by atoms with Gasteiger partial charge in [0.05, 0.1) is 17.6 Å². The molecule has 6 nitrogen and oxygen atoms in total. The summed E-state index contributed by atoms with van der Waals surface area (Å²) in [6.07, 6.45) is 2.68. The number of carbonyl (C=O) groups excluding carboxylic acids is 3. The van der Waals surface area contributed by atoms with Gasteiger partial charge in [-0.1, -0.05) is 32.9 Å². The molecule has 7 heteroatoms. The Labute approximate surface area is 163 Å². The lowest BCUT2D eigenvalue weighted by molar-refractivity contribution is -0.147. The Hall–Kier alpha value is -2.28. The SMILES string of the molecule is CC[C@H](C)Oc1ccc(/C=C2\SC(=O)N(CC(=O)OCC(C)C)C2=O)cc1. The predicted octanol–water partition coefficient (Wildman–Crippen LogP) is 4.10. The molecule has 1 aliphatic heterocycles. The first-order valence-electron chi connectivity index (χ1n) is 8.97. The molecule has 0 saturated carbocycles. The molecule has 1 fully saturated rings. The van der Waals surface area contributed by atoms with E-state index in [0.717, 1.165) is 34.4 Å². The van der Waals surface area contributed by atoms with Crippen LogP contribution in [0.5, 0.6) is 5.75 Å². The number of ether oxygens (including phenoxy) is 2. The van der Waals surface area contributed by atoms with Crippen LogP contribution in [0.1, 0.15) is 39.7 Å². The van der Waals surface area contributed by atoms with Crippen molar-refractivity contribution in [2.75, 3.05) is 13.2 Å². The highest BCUT2D eigenvalue weighted by Crippen LogP contribution is 2.32. The van der Waals surface area contributed by atoms with Crippen molar-refractivity contribution < 1.29 is 23.9 Å². The van der Waals surface area contributed by atoms with Crippen molar-refractivity contribution in [3.63, 3.8) is 0 Å². The zero-order valence-corrected chi connectivity index (χ0v) is 16.9. The molecular weight excluding hydrogens is 366 g/mol. The molecule has 0 aliphatic carbocycles. The minimum atomic E-state index is -0.584. The van der Waals surface area contributed by atoms with E-state index in [0.29, 0.717) is 0 Å². The number of carbonyl (C=O) groups is 3. The average Bonchev–Trinajstić information content (AvgIpc) is 2.89. The Kier molecular flexibility index (Phi) is 7.47. The second-order valence-corrected chi connectivity index (χ2v) is 7.74. The Morgan fingerprint density at radius 1 is 1.19 bits per heavy atom. The fourth-order valence-electron chi connectivity index (χ4n) is 2.18. The topological polar surface area (TPSA) is 72.9 Å². The molecule has 1 saturated heterocycles. The third-order valence-corrected chi connectivity index (χ3v) is 4.74. The van der Waals surface area contributed by atoms with Gasteiger partial charge in [-0.25, -0.2) is 0 Å². The molecule has 0 radical (unpaired) electrons. The van der Waals surface area contributed by atoms with Crippen molar-refractivity contribution in [3.05, 3.63) is 34.7 Å². The summed E-state index contributed by atoms with van der Waals surface area (Å²) in [5, 5.41) is -0.468. The normalized spacial score (nSPS) is 16.9.